The van der Waals surface area contributed by atoms with Gasteiger partial charge in [-0.25, -0.2) is 0 Å². The average molecular weight is 218 g/mol. The van der Waals surface area contributed by atoms with Gasteiger partial charge in [-0.1, -0.05) is 13.3 Å². The molecular weight excluding hydrogens is 196 g/mol. The number of hydrogen-bond acceptors (Lipinski definition) is 2. The molecule has 0 aromatic heterocycles. The standard InChI is InChI=1S/C10H22N2OS/c1-5-6-7-12(3)10(14)11-9(2)8-13-4/h9H,5-8H2,1-4H3,(H,11,14). The molecule has 0 rings (SSSR count). The molecule has 0 saturated heterocycles. The third-order valence-electron chi connectivity index (χ3n) is 1.98. The van der Waals surface area contributed by atoms with Gasteiger partial charge >= 0.3 is 0 Å². The number of rotatable bonds is 6. The summed E-state index contributed by atoms with van der Waals surface area (Å²) in [5.74, 6) is 0. The molecule has 1 N–H and O–H groups in total. The van der Waals surface area contributed by atoms with Gasteiger partial charge in [0.15, 0.2) is 5.11 Å². The van der Waals surface area contributed by atoms with Crippen LogP contribution in [0.5, 0.6) is 0 Å². The number of nitrogens with zero attached hydrogens (tertiary/aromatic N) is 1. The molecule has 0 spiro atoms. The second-order valence-corrected chi connectivity index (χ2v) is 3.97. The molecule has 14 heavy (non-hydrogen) atoms. The molecule has 1 atom stereocenters. The van der Waals surface area contributed by atoms with Crippen molar-refractivity contribution >= 4 is 17.3 Å². The van der Waals surface area contributed by atoms with Crippen molar-refractivity contribution in [1.29, 1.82) is 0 Å². The topological polar surface area (TPSA) is 24.5 Å². The first kappa shape index (κ1) is 13.7. The number of nitrogens with one attached hydrogen (secondary N) is 1. The fraction of sp³-hybridized carbons (Fsp3) is 0.900. The minimum absolute atomic E-state index is 0.275. The summed E-state index contributed by atoms with van der Waals surface area (Å²) in [5.41, 5.74) is 0. The van der Waals surface area contributed by atoms with E-state index in [9.17, 15) is 0 Å². The van der Waals surface area contributed by atoms with Crippen LogP contribution in [0.4, 0.5) is 0 Å². The third-order valence-corrected chi connectivity index (χ3v) is 2.41. The molecule has 0 heterocycles. The molecule has 84 valence electrons. The van der Waals surface area contributed by atoms with Gasteiger partial charge in [0.25, 0.3) is 0 Å². The van der Waals surface area contributed by atoms with Crippen LogP contribution in [0.25, 0.3) is 0 Å². The molecule has 4 heteroatoms. The highest BCUT2D eigenvalue weighted by molar-refractivity contribution is 7.80. The summed E-state index contributed by atoms with van der Waals surface area (Å²) in [6, 6.07) is 0.275. The van der Waals surface area contributed by atoms with Crippen LogP contribution >= 0.6 is 12.2 Å². The summed E-state index contributed by atoms with van der Waals surface area (Å²) in [7, 11) is 3.71. The molecule has 0 bridgehead atoms. The van der Waals surface area contributed by atoms with E-state index in [1.165, 1.54) is 12.8 Å². The number of hydrogen-bond donors (Lipinski definition) is 1. The molecule has 0 radical (unpaired) electrons. The lowest BCUT2D eigenvalue weighted by atomic mass is 10.3. The Morgan fingerprint density at radius 1 is 1.57 bits per heavy atom. The summed E-state index contributed by atoms with van der Waals surface area (Å²) >= 11 is 5.24. The van der Waals surface area contributed by atoms with E-state index in [1.54, 1.807) is 7.11 Å². The maximum absolute atomic E-state index is 5.24. The van der Waals surface area contributed by atoms with Crippen molar-refractivity contribution in [2.45, 2.75) is 32.7 Å². The number of methoxy groups -OCH3 is 1. The molecule has 0 aliphatic heterocycles. The van der Waals surface area contributed by atoms with Gasteiger partial charge in [0.1, 0.15) is 0 Å². The van der Waals surface area contributed by atoms with E-state index in [-0.39, 0.29) is 6.04 Å². The van der Waals surface area contributed by atoms with Crippen molar-refractivity contribution in [2.24, 2.45) is 0 Å². The summed E-state index contributed by atoms with van der Waals surface area (Å²) in [6.07, 6.45) is 2.37. The van der Waals surface area contributed by atoms with Crippen LogP contribution in [0.1, 0.15) is 26.7 Å². The molecule has 0 saturated carbocycles. The highest BCUT2D eigenvalue weighted by Gasteiger charge is 2.06. The van der Waals surface area contributed by atoms with E-state index >= 15 is 0 Å². The van der Waals surface area contributed by atoms with Crippen LogP contribution in [-0.2, 0) is 4.74 Å². The Kier molecular flexibility index (Phi) is 7.80. The van der Waals surface area contributed by atoms with E-state index in [4.69, 9.17) is 17.0 Å². The lowest BCUT2D eigenvalue weighted by Crippen LogP contribution is -2.43. The lowest BCUT2D eigenvalue weighted by Gasteiger charge is -2.23. The molecule has 0 aromatic rings. The minimum Gasteiger partial charge on any atom is -0.383 e. The number of thiocarbonyl (C=S) groups is 1. The van der Waals surface area contributed by atoms with Crippen molar-refractivity contribution in [3.05, 3.63) is 0 Å². The van der Waals surface area contributed by atoms with Crippen LogP contribution in [0.15, 0.2) is 0 Å². The van der Waals surface area contributed by atoms with Gasteiger partial charge in [0.05, 0.1) is 6.61 Å². The first-order valence-corrected chi connectivity index (χ1v) is 5.53. The highest BCUT2D eigenvalue weighted by Crippen LogP contribution is 1.94. The zero-order valence-corrected chi connectivity index (χ0v) is 10.5. The molecule has 3 nitrogen and oxygen atoms in total. The number of ether oxygens (including phenoxy) is 1. The zero-order chi connectivity index (χ0) is 11.0. The fourth-order valence-corrected chi connectivity index (χ4v) is 1.40. The first-order chi connectivity index (χ1) is 6.61. The second kappa shape index (κ2) is 8.00. The Balaban J connectivity index is 3.71. The van der Waals surface area contributed by atoms with Gasteiger partial charge in [-0.15, -0.1) is 0 Å². The zero-order valence-electron chi connectivity index (χ0n) is 9.67. The maximum atomic E-state index is 5.24. The summed E-state index contributed by atoms with van der Waals surface area (Å²) < 4.78 is 5.02. The van der Waals surface area contributed by atoms with E-state index in [2.05, 4.69) is 24.1 Å². The summed E-state index contributed by atoms with van der Waals surface area (Å²) in [4.78, 5) is 2.07. The Bertz CT molecular complexity index is 164. The van der Waals surface area contributed by atoms with Gasteiger partial charge in [-0.3, -0.25) is 0 Å². The quantitative estimate of drug-likeness (QED) is 0.685. The van der Waals surface area contributed by atoms with Crippen LogP contribution < -0.4 is 5.32 Å². The SMILES string of the molecule is CCCCN(C)C(=S)NC(C)COC. The van der Waals surface area contributed by atoms with Crippen LogP contribution in [0, 0.1) is 0 Å². The van der Waals surface area contributed by atoms with Crippen LogP contribution in [0.3, 0.4) is 0 Å². The van der Waals surface area contributed by atoms with Crippen molar-refractivity contribution in [3.8, 4) is 0 Å². The van der Waals surface area contributed by atoms with Crippen molar-refractivity contribution in [2.75, 3.05) is 27.3 Å². The Morgan fingerprint density at radius 3 is 2.71 bits per heavy atom. The monoisotopic (exact) mass is 218 g/mol. The smallest absolute Gasteiger partial charge is 0.168 e. The van der Waals surface area contributed by atoms with Crippen LogP contribution in [0.2, 0.25) is 0 Å². The number of unbranched alkanes of at least 4 members (excludes halogenated alkanes) is 1. The average Bonchev–Trinajstić information content (AvgIpc) is 2.14. The van der Waals surface area contributed by atoms with Gasteiger partial charge < -0.3 is 15.0 Å². The molecule has 0 amide bonds. The molecule has 0 aliphatic carbocycles. The minimum atomic E-state index is 0.275. The van der Waals surface area contributed by atoms with Crippen LogP contribution in [-0.4, -0.2) is 43.4 Å². The normalized spacial score (nSPS) is 12.3. The molecule has 0 aromatic carbocycles. The van der Waals surface area contributed by atoms with E-state index in [0.717, 1.165) is 11.7 Å². The van der Waals surface area contributed by atoms with Crippen molar-refractivity contribution < 1.29 is 4.74 Å². The summed E-state index contributed by atoms with van der Waals surface area (Å²) in [5, 5.41) is 4.03. The largest absolute Gasteiger partial charge is 0.383 e. The van der Waals surface area contributed by atoms with E-state index < -0.39 is 0 Å². The Morgan fingerprint density at radius 2 is 2.21 bits per heavy atom. The van der Waals surface area contributed by atoms with E-state index in [1.807, 2.05) is 7.05 Å². The summed E-state index contributed by atoms with van der Waals surface area (Å²) in [6.45, 7) is 5.94. The maximum Gasteiger partial charge on any atom is 0.168 e. The van der Waals surface area contributed by atoms with Gasteiger partial charge in [0.2, 0.25) is 0 Å². The Hall–Kier alpha value is -0.350. The van der Waals surface area contributed by atoms with E-state index in [0.29, 0.717) is 6.61 Å². The first-order valence-electron chi connectivity index (χ1n) is 5.12. The van der Waals surface area contributed by atoms with Crippen molar-refractivity contribution in [3.63, 3.8) is 0 Å². The molecule has 1 unspecified atom stereocenters. The van der Waals surface area contributed by atoms with Gasteiger partial charge in [0, 0.05) is 26.7 Å². The second-order valence-electron chi connectivity index (χ2n) is 3.58. The predicted octanol–water partition coefficient (Wildman–Crippen LogP) is 1.63. The van der Waals surface area contributed by atoms with Gasteiger partial charge in [-0.2, -0.15) is 0 Å². The predicted molar refractivity (Wildman–Crippen MR) is 64.6 cm³/mol. The van der Waals surface area contributed by atoms with Crippen molar-refractivity contribution in [1.82, 2.24) is 10.2 Å². The third kappa shape index (κ3) is 6.16. The van der Waals surface area contributed by atoms with Gasteiger partial charge in [-0.05, 0) is 25.6 Å². The molecule has 0 fully saturated rings. The molecular formula is C10H22N2OS. The molecule has 0 aliphatic rings. The lowest BCUT2D eigenvalue weighted by molar-refractivity contribution is 0.178. The highest BCUT2D eigenvalue weighted by atomic mass is 32.1. The fourth-order valence-electron chi connectivity index (χ4n) is 1.11. The Labute approximate surface area is 92.8 Å².